The largest absolute Gasteiger partial charge is 0.341 e. The number of para-hydroxylation sites is 2. The lowest BCUT2D eigenvalue weighted by Crippen LogP contribution is -2.38. The first kappa shape index (κ1) is 18.9. The number of hydrogen-bond acceptors (Lipinski definition) is 5. The second-order valence-electron chi connectivity index (χ2n) is 5.42. The van der Waals surface area contributed by atoms with Crippen LogP contribution in [0.2, 0.25) is 5.02 Å². The molecule has 0 spiro atoms. The average molecular weight is 403 g/mol. The minimum Gasteiger partial charge on any atom is -0.341 e. The molecular formula is C18H15ClN4O3S. The lowest BCUT2D eigenvalue weighted by molar-refractivity contribution is -0.117. The van der Waals surface area contributed by atoms with Crippen molar-refractivity contribution in [2.24, 2.45) is 0 Å². The van der Waals surface area contributed by atoms with Gasteiger partial charge in [0.15, 0.2) is 5.16 Å². The molecule has 0 unspecified atom stereocenters. The first-order chi connectivity index (χ1) is 13.0. The number of halogens is 1. The van der Waals surface area contributed by atoms with Gasteiger partial charge in [0.2, 0.25) is 5.91 Å². The third kappa shape index (κ3) is 4.12. The van der Waals surface area contributed by atoms with Crippen LogP contribution < -0.4 is 16.2 Å². The molecule has 0 aliphatic heterocycles. The number of imide groups is 1. The fraction of sp³-hybridized carbons (Fsp3) is 0.111. The highest BCUT2D eigenvalue weighted by Gasteiger charge is 2.16. The van der Waals surface area contributed by atoms with Crippen LogP contribution in [0.1, 0.15) is 0 Å². The summed E-state index contributed by atoms with van der Waals surface area (Å²) in [6.45, 7) is 0. The molecule has 3 amide bonds. The van der Waals surface area contributed by atoms with Gasteiger partial charge in [-0.1, -0.05) is 47.6 Å². The predicted molar refractivity (Wildman–Crippen MR) is 106 cm³/mol. The van der Waals surface area contributed by atoms with Crippen LogP contribution in [0.3, 0.4) is 0 Å². The SMILES string of the molecule is CNC(=O)NC(=O)CSc1nc2ccccc2c(=O)n1-c1ccccc1Cl. The molecule has 138 valence electrons. The highest BCUT2D eigenvalue weighted by atomic mass is 35.5. The number of urea groups is 1. The van der Waals surface area contributed by atoms with Crippen molar-refractivity contribution >= 4 is 46.2 Å². The molecule has 27 heavy (non-hydrogen) atoms. The Balaban J connectivity index is 2.06. The molecule has 2 aromatic carbocycles. The number of amides is 3. The maximum atomic E-state index is 13.1. The zero-order valence-corrected chi connectivity index (χ0v) is 15.8. The fourth-order valence-corrected chi connectivity index (χ4v) is 3.44. The van der Waals surface area contributed by atoms with Crippen LogP contribution in [-0.2, 0) is 4.79 Å². The molecule has 0 fully saturated rings. The molecule has 0 aliphatic rings. The summed E-state index contributed by atoms with van der Waals surface area (Å²) < 4.78 is 1.38. The Morgan fingerprint density at radius 3 is 2.59 bits per heavy atom. The van der Waals surface area contributed by atoms with E-state index in [-0.39, 0.29) is 11.3 Å². The molecule has 0 saturated carbocycles. The van der Waals surface area contributed by atoms with E-state index in [1.807, 2.05) is 0 Å². The Labute approximate surface area is 163 Å². The van der Waals surface area contributed by atoms with Crippen molar-refractivity contribution in [2.45, 2.75) is 5.16 Å². The molecular weight excluding hydrogens is 388 g/mol. The standard InChI is InChI=1S/C18H15ClN4O3S/c1-20-17(26)22-15(24)10-27-18-21-13-8-4-2-6-11(13)16(25)23(18)14-9-5-3-7-12(14)19/h2-9H,10H2,1H3,(H2,20,22,24,26). The first-order valence-electron chi connectivity index (χ1n) is 7.92. The monoisotopic (exact) mass is 402 g/mol. The Bertz CT molecular complexity index is 1080. The number of nitrogens with one attached hydrogen (secondary N) is 2. The van der Waals surface area contributed by atoms with Crippen molar-refractivity contribution < 1.29 is 9.59 Å². The molecule has 0 bridgehead atoms. The Morgan fingerprint density at radius 1 is 1.15 bits per heavy atom. The van der Waals surface area contributed by atoms with E-state index >= 15 is 0 Å². The number of carbonyl (C=O) groups excluding carboxylic acids is 2. The van der Waals surface area contributed by atoms with Gasteiger partial charge >= 0.3 is 6.03 Å². The number of aromatic nitrogens is 2. The first-order valence-corrected chi connectivity index (χ1v) is 9.28. The van der Waals surface area contributed by atoms with Crippen molar-refractivity contribution in [1.82, 2.24) is 20.2 Å². The van der Waals surface area contributed by atoms with E-state index in [0.717, 1.165) is 11.8 Å². The molecule has 3 aromatic rings. The predicted octanol–water partition coefficient (Wildman–Crippen LogP) is 2.59. The van der Waals surface area contributed by atoms with Crippen molar-refractivity contribution in [3.05, 3.63) is 63.9 Å². The number of benzene rings is 2. The second kappa shape index (κ2) is 8.24. The third-order valence-corrected chi connectivity index (χ3v) is 4.91. The number of rotatable bonds is 4. The van der Waals surface area contributed by atoms with E-state index in [4.69, 9.17) is 11.6 Å². The molecule has 0 aliphatic carbocycles. The van der Waals surface area contributed by atoms with Gasteiger partial charge in [0.25, 0.3) is 5.56 Å². The lowest BCUT2D eigenvalue weighted by Gasteiger charge is -2.14. The molecule has 0 atom stereocenters. The van der Waals surface area contributed by atoms with Crippen molar-refractivity contribution in [3.8, 4) is 5.69 Å². The second-order valence-corrected chi connectivity index (χ2v) is 6.77. The van der Waals surface area contributed by atoms with Crippen LogP contribution >= 0.6 is 23.4 Å². The molecule has 2 N–H and O–H groups in total. The van der Waals surface area contributed by atoms with Gasteiger partial charge in [0.05, 0.1) is 27.4 Å². The maximum Gasteiger partial charge on any atom is 0.321 e. The molecule has 0 radical (unpaired) electrons. The molecule has 1 heterocycles. The van der Waals surface area contributed by atoms with E-state index in [0.29, 0.717) is 26.8 Å². The average Bonchev–Trinajstić information content (AvgIpc) is 2.67. The van der Waals surface area contributed by atoms with Crippen LogP contribution in [0.25, 0.3) is 16.6 Å². The number of nitrogens with zero attached hydrogens (tertiary/aromatic N) is 2. The highest BCUT2D eigenvalue weighted by Crippen LogP contribution is 2.25. The van der Waals surface area contributed by atoms with Gasteiger partial charge < -0.3 is 5.32 Å². The van der Waals surface area contributed by atoms with E-state index in [2.05, 4.69) is 15.6 Å². The summed E-state index contributed by atoms with van der Waals surface area (Å²) >= 11 is 7.32. The van der Waals surface area contributed by atoms with Crippen molar-refractivity contribution in [1.29, 1.82) is 0 Å². The lowest BCUT2D eigenvalue weighted by atomic mass is 10.2. The van der Waals surface area contributed by atoms with Crippen LogP contribution in [0.15, 0.2) is 58.5 Å². The number of carbonyl (C=O) groups is 2. The van der Waals surface area contributed by atoms with E-state index in [9.17, 15) is 14.4 Å². The summed E-state index contributed by atoms with van der Waals surface area (Å²) in [5.74, 6) is -0.602. The summed E-state index contributed by atoms with van der Waals surface area (Å²) in [4.78, 5) is 40.7. The molecule has 7 nitrogen and oxygen atoms in total. The highest BCUT2D eigenvalue weighted by molar-refractivity contribution is 7.99. The van der Waals surface area contributed by atoms with Crippen LogP contribution in [0.5, 0.6) is 0 Å². The van der Waals surface area contributed by atoms with Crippen LogP contribution in [0.4, 0.5) is 4.79 Å². The summed E-state index contributed by atoms with van der Waals surface area (Å²) in [5, 5.41) is 5.60. The molecule has 9 heteroatoms. The minimum absolute atomic E-state index is 0.0946. The Morgan fingerprint density at radius 2 is 1.85 bits per heavy atom. The zero-order chi connectivity index (χ0) is 19.4. The zero-order valence-electron chi connectivity index (χ0n) is 14.2. The quantitative estimate of drug-likeness (QED) is 0.517. The third-order valence-electron chi connectivity index (χ3n) is 3.65. The van der Waals surface area contributed by atoms with Gasteiger partial charge in [-0.25, -0.2) is 9.78 Å². The Kier molecular flexibility index (Phi) is 5.78. The van der Waals surface area contributed by atoms with Gasteiger partial charge in [-0.2, -0.15) is 0 Å². The van der Waals surface area contributed by atoms with Gasteiger partial charge in [0.1, 0.15) is 0 Å². The smallest absolute Gasteiger partial charge is 0.321 e. The molecule has 0 saturated heterocycles. The van der Waals surface area contributed by atoms with E-state index in [1.54, 1.807) is 48.5 Å². The van der Waals surface area contributed by atoms with Crippen molar-refractivity contribution in [2.75, 3.05) is 12.8 Å². The summed E-state index contributed by atoms with van der Waals surface area (Å²) in [7, 11) is 1.41. The van der Waals surface area contributed by atoms with Gasteiger partial charge in [0, 0.05) is 7.05 Å². The topological polar surface area (TPSA) is 93.1 Å². The summed E-state index contributed by atoms with van der Waals surface area (Å²) in [5.41, 5.74) is 0.694. The fourth-order valence-electron chi connectivity index (χ4n) is 2.41. The van der Waals surface area contributed by atoms with Crippen LogP contribution in [0, 0.1) is 0 Å². The minimum atomic E-state index is -0.601. The van der Waals surface area contributed by atoms with E-state index in [1.165, 1.54) is 11.6 Å². The van der Waals surface area contributed by atoms with Gasteiger partial charge in [-0.3, -0.25) is 19.5 Å². The number of thioether (sulfide) groups is 1. The van der Waals surface area contributed by atoms with Crippen LogP contribution in [-0.4, -0.2) is 34.3 Å². The molecule has 3 rings (SSSR count). The number of hydrogen-bond donors (Lipinski definition) is 2. The summed E-state index contributed by atoms with van der Waals surface area (Å²) in [6, 6.07) is 13.2. The van der Waals surface area contributed by atoms with Crippen molar-refractivity contribution in [3.63, 3.8) is 0 Å². The van der Waals surface area contributed by atoms with Gasteiger partial charge in [-0.05, 0) is 24.3 Å². The number of fused-ring (bicyclic) bond motifs is 1. The van der Waals surface area contributed by atoms with E-state index < -0.39 is 11.9 Å². The summed E-state index contributed by atoms with van der Waals surface area (Å²) in [6.07, 6.45) is 0. The normalized spacial score (nSPS) is 10.6. The Hall–Kier alpha value is -2.84. The maximum absolute atomic E-state index is 13.1. The van der Waals surface area contributed by atoms with Gasteiger partial charge in [-0.15, -0.1) is 0 Å². The molecule has 1 aromatic heterocycles.